The molecule has 0 unspecified atom stereocenters. The first-order chi connectivity index (χ1) is 9.51. The van der Waals surface area contributed by atoms with Gasteiger partial charge >= 0.3 is 0 Å². The maximum Gasteiger partial charge on any atom is 0.243 e. The average Bonchev–Trinajstić information content (AvgIpc) is 2.86. The number of nitrogens with zero attached hydrogens (tertiary/aromatic N) is 1. The lowest BCUT2D eigenvalue weighted by Crippen LogP contribution is -2.42. The van der Waals surface area contributed by atoms with Gasteiger partial charge in [-0.2, -0.15) is 5.26 Å². The number of amides is 2. The van der Waals surface area contributed by atoms with E-state index in [1.54, 1.807) is 12.1 Å². The summed E-state index contributed by atoms with van der Waals surface area (Å²) in [5.74, 6) is -0.540. The monoisotopic (exact) mass is 311 g/mol. The summed E-state index contributed by atoms with van der Waals surface area (Å²) in [6.07, 6.45) is 0.756. The van der Waals surface area contributed by atoms with Crippen molar-refractivity contribution < 1.29 is 9.59 Å². The fourth-order valence-electron chi connectivity index (χ4n) is 1.94. The van der Waals surface area contributed by atoms with Crippen molar-refractivity contribution in [2.75, 3.05) is 0 Å². The molecule has 5 nitrogen and oxygen atoms in total. The van der Waals surface area contributed by atoms with E-state index in [-0.39, 0.29) is 11.8 Å². The van der Waals surface area contributed by atoms with Crippen LogP contribution in [0.1, 0.15) is 24.4 Å². The van der Waals surface area contributed by atoms with E-state index in [0.717, 1.165) is 0 Å². The molecule has 0 aromatic heterocycles. The van der Waals surface area contributed by atoms with Gasteiger partial charge in [-0.1, -0.05) is 29.3 Å². The highest BCUT2D eigenvalue weighted by Crippen LogP contribution is 2.25. The minimum Gasteiger partial charge on any atom is -0.344 e. The van der Waals surface area contributed by atoms with Crippen LogP contribution in [0, 0.1) is 11.3 Å². The number of carbonyl (C=O) groups is 2. The minimum atomic E-state index is -0.838. The summed E-state index contributed by atoms with van der Waals surface area (Å²) in [5, 5.41) is 15.0. The molecule has 1 fully saturated rings. The number of rotatable bonds is 3. The fourth-order valence-corrected chi connectivity index (χ4v) is 2.24. The fraction of sp³-hybridized carbons (Fsp3) is 0.308. The predicted molar refractivity (Wildman–Crippen MR) is 74.1 cm³/mol. The lowest BCUT2D eigenvalue weighted by atomic mass is 10.1. The van der Waals surface area contributed by atoms with E-state index >= 15 is 0 Å². The number of carbonyl (C=O) groups excluding carboxylic acids is 2. The number of benzene rings is 1. The van der Waals surface area contributed by atoms with Gasteiger partial charge in [0.2, 0.25) is 11.8 Å². The molecular formula is C13H11Cl2N3O2. The van der Waals surface area contributed by atoms with Crippen LogP contribution < -0.4 is 10.6 Å². The second-order valence-corrected chi connectivity index (χ2v) is 5.22. The van der Waals surface area contributed by atoms with E-state index < -0.39 is 12.1 Å². The normalized spacial score (nSPS) is 19.1. The summed E-state index contributed by atoms with van der Waals surface area (Å²) in [5.41, 5.74) is 0.541. The van der Waals surface area contributed by atoms with Crippen molar-refractivity contribution in [3.63, 3.8) is 0 Å². The van der Waals surface area contributed by atoms with Gasteiger partial charge < -0.3 is 10.6 Å². The van der Waals surface area contributed by atoms with Gasteiger partial charge in [-0.3, -0.25) is 9.59 Å². The quantitative estimate of drug-likeness (QED) is 0.895. The molecule has 1 aliphatic heterocycles. The SMILES string of the molecule is N#C[C@H](NC(=O)[C@H]1CCC(=O)N1)c1ccc(Cl)c(Cl)c1. The smallest absolute Gasteiger partial charge is 0.243 e. The molecule has 0 saturated carbocycles. The first kappa shape index (κ1) is 14.6. The van der Waals surface area contributed by atoms with Crippen LogP contribution in [0.15, 0.2) is 18.2 Å². The zero-order valence-corrected chi connectivity index (χ0v) is 11.8. The Morgan fingerprint density at radius 3 is 2.75 bits per heavy atom. The molecule has 2 N–H and O–H groups in total. The van der Waals surface area contributed by atoms with Crippen LogP contribution in [0.25, 0.3) is 0 Å². The standard InChI is InChI=1S/C13H11Cl2N3O2/c14-8-2-1-7(5-9(8)15)11(6-16)18-13(20)10-3-4-12(19)17-10/h1-2,5,10-11H,3-4H2,(H,17,19)(H,18,20)/t10-,11+/m1/s1. The summed E-state index contributed by atoms with van der Waals surface area (Å²) in [6, 6.07) is 5.28. The molecule has 104 valence electrons. The number of hydrogen-bond acceptors (Lipinski definition) is 3. The van der Waals surface area contributed by atoms with E-state index in [0.29, 0.717) is 28.5 Å². The van der Waals surface area contributed by atoms with Gasteiger partial charge in [-0.25, -0.2) is 0 Å². The molecular weight excluding hydrogens is 301 g/mol. The van der Waals surface area contributed by atoms with E-state index in [1.165, 1.54) is 6.07 Å². The first-order valence-corrected chi connectivity index (χ1v) is 6.71. The van der Waals surface area contributed by atoms with E-state index in [9.17, 15) is 9.59 Å². The number of nitriles is 1. The molecule has 1 aromatic rings. The summed E-state index contributed by atoms with van der Waals surface area (Å²) in [6.45, 7) is 0. The van der Waals surface area contributed by atoms with Gasteiger partial charge in [0.25, 0.3) is 0 Å². The Morgan fingerprint density at radius 2 is 2.20 bits per heavy atom. The molecule has 7 heteroatoms. The molecule has 2 amide bonds. The predicted octanol–water partition coefficient (Wildman–Crippen LogP) is 1.95. The van der Waals surface area contributed by atoms with Crippen LogP contribution in [-0.2, 0) is 9.59 Å². The summed E-state index contributed by atoms with van der Waals surface area (Å²) in [7, 11) is 0. The Hall–Kier alpha value is -1.77. The Bertz CT molecular complexity index is 598. The molecule has 2 rings (SSSR count). The number of hydrogen-bond donors (Lipinski definition) is 2. The lowest BCUT2D eigenvalue weighted by molar-refractivity contribution is -0.126. The summed E-state index contributed by atoms with van der Waals surface area (Å²) < 4.78 is 0. The Labute approximate surface area is 125 Å². The molecule has 2 atom stereocenters. The first-order valence-electron chi connectivity index (χ1n) is 5.95. The molecule has 0 spiro atoms. The zero-order valence-electron chi connectivity index (χ0n) is 10.3. The summed E-state index contributed by atoms with van der Waals surface area (Å²) >= 11 is 11.7. The van der Waals surface area contributed by atoms with E-state index in [1.807, 2.05) is 6.07 Å². The van der Waals surface area contributed by atoms with Crippen LogP contribution in [0.4, 0.5) is 0 Å². The molecule has 0 aliphatic carbocycles. The van der Waals surface area contributed by atoms with Crippen molar-refractivity contribution in [1.29, 1.82) is 5.26 Å². The molecule has 1 saturated heterocycles. The van der Waals surface area contributed by atoms with Crippen LogP contribution in [-0.4, -0.2) is 17.9 Å². The third kappa shape index (κ3) is 3.21. The second-order valence-electron chi connectivity index (χ2n) is 4.40. The Morgan fingerprint density at radius 1 is 1.45 bits per heavy atom. The van der Waals surface area contributed by atoms with Crippen molar-refractivity contribution in [2.45, 2.75) is 24.9 Å². The maximum atomic E-state index is 11.9. The highest BCUT2D eigenvalue weighted by molar-refractivity contribution is 6.42. The van der Waals surface area contributed by atoms with Crippen LogP contribution in [0.3, 0.4) is 0 Å². The van der Waals surface area contributed by atoms with Crippen LogP contribution >= 0.6 is 23.2 Å². The lowest BCUT2D eigenvalue weighted by Gasteiger charge is -2.16. The third-order valence-corrected chi connectivity index (χ3v) is 3.74. The van der Waals surface area contributed by atoms with E-state index in [4.69, 9.17) is 28.5 Å². The molecule has 1 aliphatic rings. The van der Waals surface area contributed by atoms with E-state index in [2.05, 4.69) is 10.6 Å². The average molecular weight is 312 g/mol. The van der Waals surface area contributed by atoms with Gasteiger partial charge in [0, 0.05) is 6.42 Å². The van der Waals surface area contributed by atoms with Gasteiger partial charge in [0.05, 0.1) is 16.1 Å². The number of nitrogens with one attached hydrogen (secondary N) is 2. The molecule has 1 heterocycles. The van der Waals surface area contributed by atoms with Gasteiger partial charge in [0.1, 0.15) is 12.1 Å². The van der Waals surface area contributed by atoms with Crippen molar-refractivity contribution in [3.05, 3.63) is 33.8 Å². The van der Waals surface area contributed by atoms with Gasteiger partial charge in [-0.05, 0) is 24.1 Å². The number of halogens is 2. The molecule has 0 radical (unpaired) electrons. The topological polar surface area (TPSA) is 82.0 Å². The van der Waals surface area contributed by atoms with Gasteiger partial charge in [-0.15, -0.1) is 0 Å². The molecule has 1 aromatic carbocycles. The Balaban J connectivity index is 2.09. The van der Waals surface area contributed by atoms with Gasteiger partial charge in [0.15, 0.2) is 0 Å². The van der Waals surface area contributed by atoms with Crippen molar-refractivity contribution >= 4 is 35.0 Å². The summed E-state index contributed by atoms with van der Waals surface area (Å²) in [4.78, 5) is 23.0. The highest BCUT2D eigenvalue weighted by Gasteiger charge is 2.28. The molecule has 0 bridgehead atoms. The second kappa shape index (κ2) is 6.12. The largest absolute Gasteiger partial charge is 0.344 e. The van der Waals surface area contributed by atoms with Crippen molar-refractivity contribution in [2.24, 2.45) is 0 Å². The minimum absolute atomic E-state index is 0.159. The Kier molecular flexibility index (Phi) is 4.48. The van der Waals surface area contributed by atoms with Crippen LogP contribution in [0.2, 0.25) is 10.0 Å². The highest BCUT2D eigenvalue weighted by atomic mass is 35.5. The van der Waals surface area contributed by atoms with Crippen LogP contribution in [0.5, 0.6) is 0 Å². The third-order valence-electron chi connectivity index (χ3n) is 3.00. The molecule has 20 heavy (non-hydrogen) atoms. The van der Waals surface area contributed by atoms with Crippen molar-refractivity contribution in [1.82, 2.24) is 10.6 Å². The van der Waals surface area contributed by atoms with Crippen molar-refractivity contribution in [3.8, 4) is 6.07 Å². The zero-order chi connectivity index (χ0) is 14.7. The maximum absolute atomic E-state index is 11.9.